The molecule has 9 heteroatoms. The van der Waals surface area contributed by atoms with E-state index in [2.05, 4.69) is 9.97 Å². The van der Waals surface area contributed by atoms with Crippen LogP contribution in [0.3, 0.4) is 0 Å². The summed E-state index contributed by atoms with van der Waals surface area (Å²) < 4.78 is 33.8. The number of aromatic nitrogens is 2. The van der Waals surface area contributed by atoms with Crippen LogP contribution in [-0.4, -0.2) is 58.0 Å². The van der Waals surface area contributed by atoms with Gasteiger partial charge < -0.3 is 14.5 Å². The van der Waals surface area contributed by atoms with Crippen LogP contribution in [-0.2, 0) is 9.53 Å². The Labute approximate surface area is 166 Å². The number of nitrogens with zero attached hydrogens (tertiary/aromatic N) is 4. The highest BCUT2D eigenvalue weighted by atomic mass is 19.3. The standard InChI is InChI=1S/C20H20F2N4O3/c1-14-11-24-16(12-23-14)17(27)25-9-7-19(8-10-25)13-26(15-5-3-2-4-6-15)18(28)20(21,22)29-19/h2-6,11-12H,7-10,13H2,1H3. The van der Waals surface area contributed by atoms with Crippen molar-refractivity contribution in [2.24, 2.45) is 0 Å². The molecule has 2 aliphatic rings. The Morgan fingerprint density at radius 3 is 2.41 bits per heavy atom. The van der Waals surface area contributed by atoms with E-state index in [1.165, 1.54) is 12.4 Å². The van der Waals surface area contributed by atoms with Gasteiger partial charge in [-0.1, -0.05) is 18.2 Å². The van der Waals surface area contributed by atoms with Gasteiger partial charge in [0.05, 0.1) is 24.0 Å². The summed E-state index contributed by atoms with van der Waals surface area (Å²) in [6.45, 7) is 2.23. The molecule has 2 aliphatic heterocycles. The number of hydrogen-bond donors (Lipinski definition) is 0. The molecule has 1 spiro atoms. The van der Waals surface area contributed by atoms with Gasteiger partial charge in [-0.2, -0.15) is 8.78 Å². The summed E-state index contributed by atoms with van der Waals surface area (Å²) in [6.07, 6.45) is -0.632. The summed E-state index contributed by atoms with van der Waals surface area (Å²) in [5, 5.41) is 0. The second kappa shape index (κ2) is 7.14. The Hall–Kier alpha value is -2.94. The van der Waals surface area contributed by atoms with Gasteiger partial charge in [0.1, 0.15) is 5.69 Å². The smallest absolute Gasteiger partial charge is 0.337 e. The minimum Gasteiger partial charge on any atom is -0.337 e. The van der Waals surface area contributed by atoms with Gasteiger partial charge in [-0.25, -0.2) is 4.98 Å². The van der Waals surface area contributed by atoms with Crippen molar-refractivity contribution in [3.8, 4) is 0 Å². The van der Waals surface area contributed by atoms with Gasteiger partial charge in [-0.05, 0) is 31.9 Å². The monoisotopic (exact) mass is 402 g/mol. The van der Waals surface area contributed by atoms with Crippen LogP contribution in [0.5, 0.6) is 0 Å². The predicted octanol–water partition coefficient (Wildman–Crippen LogP) is 2.42. The van der Waals surface area contributed by atoms with E-state index < -0.39 is 17.6 Å². The zero-order valence-electron chi connectivity index (χ0n) is 15.8. The summed E-state index contributed by atoms with van der Waals surface area (Å²) in [5.74, 6) is -1.67. The third-order valence-corrected chi connectivity index (χ3v) is 5.31. The first-order valence-electron chi connectivity index (χ1n) is 9.33. The number of benzene rings is 1. The van der Waals surface area contributed by atoms with Gasteiger partial charge in [0.25, 0.3) is 5.91 Å². The van der Waals surface area contributed by atoms with Gasteiger partial charge in [-0.15, -0.1) is 0 Å². The fourth-order valence-electron chi connectivity index (χ4n) is 3.72. The summed E-state index contributed by atoms with van der Waals surface area (Å²) in [7, 11) is 0. The van der Waals surface area contributed by atoms with Gasteiger partial charge in [0.15, 0.2) is 0 Å². The molecule has 3 heterocycles. The molecule has 1 aromatic heterocycles. The van der Waals surface area contributed by atoms with E-state index in [1.54, 1.807) is 42.2 Å². The van der Waals surface area contributed by atoms with E-state index in [1.807, 2.05) is 0 Å². The molecule has 0 atom stereocenters. The van der Waals surface area contributed by atoms with E-state index >= 15 is 0 Å². The van der Waals surface area contributed by atoms with Gasteiger partial charge in [-0.3, -0.25) is 14.6 Å². The zero-order chi connectivity index (χ0) is 20.6. The number of amides is 2. The normalized spacial score (nSPS) is 20.7. The summed E-state index contributed by atoms with van der Waals surface area (Å²) in [6, 6.07) is 8.35. The van der Waals surface area contributed by atoms with Crippen molar-refractivity contribution < 1.29 is 23.1 Å². The average molecular weight is 402 g/mol. The Morgan fingerprint density at radius 2 is 1.79 bits per heavy atom. The van der Waals surface area contributed by atoms with Crippen molar-refractivity contribution >= 4 is 17.5 Å². The minimum atomic E-state index is -3.91. The van der Waals surface area contributed by atoms with Crippen LogP contribution in [0.1, 0.15) is 29.0 Å². The fraction of sp³-hybridized carbons (Fsp3) is 0.400. The molecule has 0 bridgehead atoms. The number of morpholine rings is 1. The number of carbonyl (C=O) groups is 2. The molecule has 2 aromatic rings. The first kappa shape index (κ1) is 19.4. The lowest BCUT2D eigenvalue weighted by molar-refractivity contribution is -0.292. The van der Waals surface area contributed by atoms with Crippen LogP contribution in [0, 0.1) is 6.92 Å². The number of halogens is 2. The molecule has 0 unspecified atom stereocenters. The van der Waals surface area contributed by atoms with E-state index in [0.717, 1.165) is 4.90 Å². The largest absolute Gasteiger partial charge is 0.437 e. The van der Waals surface area contributed by atoms with Crippen molar-refractivity contribution in [2.45, 2.75) is 31.5 Å². The second-order valence-electron chi connectivity index (χ2n) is 7.36. The third-order valence-electron chi connectivity index (χ3n) is 5.31. The summed E-state index contributed by atoms with van der Waals surface area (Å²) in [4.78, 5) is 35.6. The van der Waals surface area contributed by atoms with Crippen molar-refractivity contribution in [3.05, 3.63) is 54.1 Å². The molecule has 1 aromatic carbocycles. The first-order chi connectivity index (χ1) is 13.8. The van der Waals surface area contributed by atoms with Gasteiger partial charge in [0.2, 0.25) is 0 Å². The van der Waals surface area contributed by atoms with Crippen LogP contribution in [0.2, 0.25) is 0 Å². The molecule has 152 valence electrons. The van der Waals surface area contributed by atoms with Crippen LogP contribution in [0.4, 0.5) is 14.5 Å². The van der Waals surface area contributed by atoms with E-state index in [0.29, 0.717) is 11.4 Å². The van der Waals surface area contributed by atoms with Crippen molar-refractivity contribution in [1.82, 2.24) is 14.9 Å². The van der Waals surface area contributed by atoms with Gasteiger partial charge >= 0.3 is 12.0 Å². The SMILES string of the molecule is Cc1cnc(C(=O)N2CCC3(CC2)CN(c2ccccc2)C(=O)C(F)(F)O3)cn1. The molecule has 0 radical (unpaired) electrons. The van der Waals surface area contributed by atoms with Crippen molar-refractivity contribution in [2.75, 3.05) is 24.5 Å². The molecule has 29 heavy (non-hydrogen) atoms. The Kier molecular flexibility index (Phi) is 4.77. The maximum absolute atomic E-state index is 14.4. The van der Waals surface area contributed by atoms with Crippen molar-refractivity contribution in [1.29, 1.82) is 0 Å². The summed E-state index contributed by atoms with van der Waals surface area (Å²) >= 11 is 0. The molecule has 0 aliphatic carbocycles. The van der Waals surface area contributed by atoms with Crippen LogP contribution in [0.15, 0.2) is 42.7 Å². The molecule has 2 saturated heterocycles. The molecule has 4 rings (SSSR count). The maximum Gasteiger partial charge on any atom is 0.437 e. The summed E-state index contributed by atoms with van der Waals surface area (Å²) in [5.41, 5.74) is 0.0849. The minimum absolute atomic E-state index is 0.0117. The molecule has 2 amide bonds. The number of para-hydroxylation sites is 1. The van der Waals surface area contributed by atoms with Crippen LogP contribution < -0.4 is 4.90 Å². The van der Waals surface area contributed by atoms with Crippen LogP contribution >= 0.6 is 0 Å². The van der Waals surface area contributed by atoms with Crippen molar-refractivity contribution in [3.63, 3.8) is 0 Å². The first-order valence-corrected chi connectivity index (χ1v) is 9.33. The highest BCUT2D eigenvalue weighted by Gasteiger charge is 2.57. The number of alkyl halides is 2. The number of piperidine rings is 1. The number of ether oxygens (including phenoxy) is 1. The molecular formula is C20H20F2N4O3. The third kappa shape index (κ3) is 3.69. The highest BCUT2D eigenvalue weighted by Crippen LogP contribution is 2.40. The lowest BCUT2D eigenvalue weighted by Crippen LogP contribution is -2.65. The number of likely N-dealkylation sites (tertiary alicyclic amines) is 1. The van der Waals surface area contributed by atoms with E-state index in [-0.39, 0.29) is 44.1 Å². The molecule has 0 saturated carbocycles. The van der Waals surface area contributed by atoms with Crippen LogP contribution in [0.25, 0.3) is 0 Å². The quantitative estimate of drug-likeness (QED) is 0.771. The molecule has 0 N–H and O–H groups in total. The number of aryl methyl sites for hydroxylation is 1. The van der Waals surface area contributed by atoms with Gasteiger partial charge in [0, 0.05) is 25.0 Å². The Bertz CT molecular complexity index is 913. The highest BCUT2D eigenvalue weighted by molar-refractivity contribution is 5.98. The fourth-order valence-corrected chi connectivity index (χ4v) is 3.72. The zero-order valence-corrected chi connectivity index (χ0v) is 15.8. The topological polar surface area (TPSA) is 75.6 Å². The van der Waals surface area contributed by atoms with E-state index in [4.69, 9.17) is 4.74 Å². The predicted molar refractivity (Wildman–Crippen MR) is 99.5 cm³/mol. The average Bonchev–Trinajstić information content (AvgIpc) is 2.72. The Morgan fingerprint density at radius 1 is 1.10 bits per heavy atom. The number of carbonyl (C=O) groups excluding carboxylic acids is 2. The number of rotatable bonds is 2. The molecular weight excluding hydrogens is 382 g/mol. The lowest BCUT2D eigenvalue weighted by atomic mass is 9.88. The number of hydrogen-bond acceptors (Lipinski definition) is 5. The lowest BCUT2D eigenvalue weighted by Gasteiger charge is -2.48. The second-order valence-corrected chi connectivity index (χ2v) is 7.36. The molecule has 7 nitrogen and oxygen atoms in total. The maximum atomic E-state index is 14.4. The molecule has 2 fully saturated rings. The Balaban J connectivity index is 1.51. The number of anilines is 1. The van der Waals surface area contributed by atoms with E-state index in [9.17, 15) is 18.4 Å².